The smallest absolute Gasteiger partial charge is 0.0473 e. The van der Waals surface area contributed by atoms with Crippen LogP contribution in [0.4, 0.5) is 0 Å². The molecule has 0 aromatic heterocycles. The second-order valence-electron chi connectivity index (χ2n) is 4.06. The lowest BCUT2D eigenvalue weighted by Crippen LogP contribution is -2.29. The molecular weight excluding hydrogens is 367 g/mol. The molecule has 4 heteroatoms. The van der Waals surface area contributed by atoms with Crippen molar-refractivity contribution in [2.24, 2.45) is 11.8 Å². The number of nitrogens with two attached hydrogens (primary N) is 1. The van der Waals surface area contributed by atoms with Crippen LogP contribution in [-0.2, 0) is 0 Å². The fourth-order valence-electron chi connectivity index (χ4n) is 1.75. The first-order chi connectivity index (χ1) is 7.20. The van der Waals surface area contributed by atoms with Gasteiger partial charge in [-0.15, -0.1) is 0 Å². The fourth-order valence-corrected chi connectivity index (χ4v) is 2.84. The average molecular weight is 381 g/mol. The van der Waals surface area contributed by atoms with Crippen LogP contribution in [0.5, 0.6) is 0 Å². The molecule has 1 aromatic carbocycles. The highest BCUT2D eigenvalue weighted by Gasteiger charge is 2.26. The summed E-state index contributed by atoms with van der Waals surface area (Å²) in [5.41, 5.74) is 4.24. The second-order valence-corrected chi connectivity index (χ2v) is 6.14. The van der Waals surface area contributed by atoms with Crippen LogP contribution in [0.3, 0.4) is 0 Å². The average Bonchev–Trinajstić information content (AvgIpc) is 3.02. The molecule has 0 bridgehead atoms. The van der Waals surface area contributed by atoms with E-state index in [-0.39, 0.29) is 0 Å². The van der Waals surface area contributed by atoms with Crippen molar-refractivity contribution < 1.29 is 0 Å². The van der Waals surface area contributed by atoms with Gasteiger partial charge in [0.25, 0.3) is 0 Å². The summed E-state index contributed by atoms with van der Waals surface area (Å²) in [4.78, 5) is 0. The lowest BCUT2D eigenvalue weighted by atomic mass is 10.0. The van der Waals surface area contributed by atoms with Gasteiger partial charge in [0.15, 0.2) is 0 Å². The van der Waals surface area contributed by atoms with Crippen LogP contribution in [0.25, 0.3) is 0 Å². The normalized spacial score (nSPS) is 17.8. The van der Waals surface area contributed by atoms with Gasteiger partial charge in [-0.1, -0.05) is 28.8 Å². The Balaban J connectivity index is 2.19. The molecule has 82 valence electrons. The Labute approximate surface area is 112 Å². The van der Waals surface area contributed by atoms with E-state index < -0.39 is 0 Å². The highest BCUT2D eigenvalue weighted by Crippen LogP contribution is 2.38. The van der Waals surface area contributed by atoms with Crippen LogP contribution in [0.1, 0.15) is 30.9 Å². The summed E-state index contributed by atoms with van der Waals surface area (Å²) < 4.78 is 2.40. The van der Waals surface area contributed by atoms with Gasteiger partial charge >= 0.3 is 0 Å². The highest BCUT2D eigenvalue weighted by atomic mass is 127. The monoisotopic (exact) mass is 380 g/mol. The zero-order valence-electron chi connectivity index (χ0n) is 8.34. The molecule has 1 fully saturated rings. The van der Waals surface area contributed by atoms with Gasteiger partial charge in [0.2, 0.25) is 0 Å². The highest BCUT2D eigenvalue weighted by molar-refractivity contribution is 14.1. The summed E-state index contributed by atoms with van der Waals surface area (Å²) in [7, 11) is 0. The van der Waals surface area contributed by atoms with Crippen LogP contribution >= 0.6 is 38.5 Å². The molecule has 0 saturated heterocycles. The molecule has 3 N–H and O–H groups in total. The first-order valence-electron chi connectivity index (χ1n) is 5.12. The predicted octanol–water partition coefficient (Wildman–Crippen LogP) is 3.36. The van der Waals surface area contributed by atoms with E-state index in [0.29, 0.717) is 6.04 Å². The molecular formula is C11H14BrIN2. The molecule has 0 heterocycles. The molecule has 0 spiro atoms. The molecule has 0 radical (unpaired) electrons. The van der Waals surface area contributed by atoms with Gasteiger partial charge in [0.1, 0.15) is 0 Å². The number of hydrazine groups is 1. The molecule has 0 amide bonds. The first kappa shape index (κ1) is 11.8. The molecule has 15 heavy (non-hydrogen) atoms. The van der Waals surface area contributed by atoms with Crippen molar-refractivity contribution in [2.45, 2.75) is 25.3 Å². The van der Waals surface area contributed by atoms with Crippen LogP contribution in [0, 0.1) is 9.49 Å². The minimum atomic E-state index is 0.293. The molecule has 1 aliphatic rings. The summed E-state index contributed by atoms with van der Waals surface area (Å²) in [6, 6.07) is 6.64. The Bertz CT molecular complexity index is 352. The van der Waals surface area contributed by atoms with Crippen molar-refractivity contribution in [3.63, 3.8) is 0 Å². The fraction of sp³-hybridized carbons (Fsp3) is 0.455. The minimum absolute atomic E-state index is 0.293. The van der Waals surface area contributed by atoms with E-state index in [1.54, 1.807) is 0 Å². The number of rotatable bonds is 4. The van der Waals surface area contributed by atoms with Crippen LogP contribution in [0.2, 0.25) is 0 Å². The molecule has 2 nitrogen and oxygen atoms in total. The van der Waals surface area contributed by atoms with Crippen molar-refractivity contribution in [1.29, 1.82) is 0 Å². The second kappa shape index (κ2) is 5.12. The van der Waals surface area contributed by atoms with Gasteiger partial charge in [-0.2, -0.15) is 0 Å². The Morgan fingerprint density at radius 3 is 2.87 bits per heavy atom. The van der Waals surface area contributed by atoms with Crippen molar-refractivity contribution in [1.82, 2.24) is 5.43 Å². The van der Waals surface area contributed by atoms with Crippen molar-refractivity contribution in [3.05, 3.63) is 31.8 Å². The van der Waals surface area contributed by atoms with E-state index in [0.717, 1.165) is 16.8 Å². The molecule has 2 rings (SSSR count). The lowest BCUT2D eigenvalue weighted by molar-refractivity contribution is 0.485. The van der Waals surface area contributed by atoms with Gasteiger partial charge in [-0.25, -0.2) is 0 Å². The molecule has 1 saturated carbocycles. The van der Waals surface area contributed by atoms with Crippen molar-refractivity contribution >= 4 is 38.5 Å². The molecule has 1 atom stereocenters. The standard InChI is InChI=1S/C11H14BrIN2/c12-8-3-4-10(13)9(6-8)11(15-14)5-7-1-2-7/h3-4,6-7,11,15H,1-2,5,14H2. The van der Waals surface area contributed by atoms with Crippen LogP contribution in [0.15, 0.2) is 22.7 Å². The van der Waals surface area contributed by atoms with Crippen molar-refractivity contribution in [3.8, 4) is 0 Å². The van der Waals surface area contributed by atoms with Gasteiger partial charge in [-0.3, -0.25) is 11.3 Å². The van der Waals surface area contributed by atoms with Crippen molar-refractivity contribution in [2.75, 3.05) is 0 Å². The quantitative estimate of drug-likeness (QED) is 0.477. The third-order valence-electron chi connectivity index (χ3n) is 2.80. The Hall–Kier alpha value is 0.350. The van der Waals surface area contributed by atoms with Gasteiger partial charge in [-0.05, 0) is 58.7 Å². The number of hydrogen-bond acceptors (Lipinski definition) is 2. The van der Waals surface area contributed by atoms with Crippen LogP contribution < -0.4 is 11.3 Å². The largest absolute Gasteiger partial charge is 0.271 e. The summed E-state index contributed by atoms with van der Waals surface area (Å²) in [5.74, 6) is 6.51. The molecule has 1 unspecified atom stereocenters. The zero-order valence-corrected chi connectivity index (χ0v) is 12.1. The van der Waals surface area contributed by atoms with E-state index in [2.05, 4.69) is 62.1 Å². The molecule has 1 aliphatic carbocycles. The first-order valence-corrected chi connectivity index (χ1v) is 6.99. The topological polar surface area (TPSA) is 38.0 Å². The lowest BCUT2D eigenvalue weighted by Gasteiger charge is -2.17. The van der Waals surface area contributed by atoms with E-state index in [1.165, 1.54) is 22.0 Å². The Kier molecular flexibility index (Phi) is 4.04. The van der Waals surface area contributed by atoms with E-state index >= 15 is 0 Å². The maximum atomic E-state index is 5.63. The Morgan fingerprint density at radius 1 is 1.53 bits per heavy atom. The zero-order chi connectivity index (χ0) is 10.8. The van der Waals surface area contributed by atoms with E-state index in [1.807, 2.05) is 0 Å². The minimum Gasteiger partial charge on any atom is -0.271 e. The number of benzene rings is 1. The summed E-state index contributed by atoms with van der Waals surface area (Å²) in [6.45, 7) is 0. The maximum absolute atomic E-state index is 5.63. The summed E-state index contributed by atoms with van der Waals surface area (Å²) in [6.07, 6.45) is 3.88. The number of halogens is 2. The van der Waals surface area contributed by atoms with E-state index in [4.69, 9.17) is 5.84 Å². The number of nitrogens with one attached hydrogen (secondary N) is 1. The van der Waals surface area contributed by atoms with Gasteiger partial charge in [0, 0.05) is 14.1 Å². The van der Waals surface area contributed by atoms with Gasteiger partial charge < -0.3 is 0 Å². The summed E-state index contributed by atoms with van der Waals surface area (Å²) in [5, 5.41) is 0. The maximum Gasteiger partial charge on any atom is 0.0473 e. The third-order valence-corrected chi connectivity index (χ3v) is 4.28. The van der Waals surface area contributed by atoms with E-state index in [9.17, 15) is 0 Å². The summed E-state index contributed by atoms with van der Waals surface area (Å²) >= 11 is 5.87. The molecule has 0 aliphatic heterocycles. The number of hydrogen-bond donors (Lipinski definition) is 2. The Morgan fingerprint density at radius 2 is 2.27 bits per heavy atom. The third kappa shape index (κ3) is 3.15. The predicted molar refractivity (Wildman–Crippen MR) is 74.3 cm³/mol. The van der Waals surface area contributed by atoms with Crippen LogP contribution in [-0.4, -0.2) is 0 Å². The molecule has 1 aromatic rings. The SMILES string of the molecule is NNC(CC1CC1)c1cc(Br)ccc1I. The van der Waals surface area contributed by atoms with Gasteiger partial charge in [0.05, 0.1) is 0 Å².